The Labute approximate surface area is 175 Å². The van der Waals surface area contributed by atoms with Crippen LogP contribution in [0.2, 0.25) is 0 Å². The molecule has 1 aromatic carbocycles. The molecule has 1 fully saturated rings. The van der Waals surface area contributed by atoms with Gasteiger partial charge in [0.05, 0.1) is 17.4 Å². The molecule has 1 aliphatic heterocycles. The van der Waals surface area contributed by atoms with Crippen molar-refractivity contribution in [3.63, 3.8) is 0 Å². The van der Waals surface area contributed by atoms with Crippen LogP contribution in [-0.4, -0.2) is 54.0 Å². The van der Waals surface area contributed by atoms with Gasteiger partial charge in [-0.05, 0) is 43.4 Å². The lowest BCUT2D eigenvalue weighted by Crippen LogP contribution is -2.44. The molecular formula is C22H23N5OS. The Balaban J connectivity index is 1.44. The van der Waals surface area contributed by atoms with E-state index in [0.29, 0.717) is 16.3 Å². The smallest absolute Gasteiger partial charge is 0.258 e. The molecule has 0 unspecified atom stereocenters. The maximum Gasteiger partial charge on any atom is 0.258 e. The average Bonchev–Trinajstić information content (AvgIpc) is 2.76. The number of likely N-dealkylation sites (N-methyl/N-ethyl adjacent to an activating group) is 1. The molecule has 148 valence electrons. The molecule has 1 aliphatic rings. The van der Waals surface area contributed by atoms with Crippen LogP contribution in [0.4, 0.5) is 11.5 Å². The van der Waals surface area contributed by atoms with Crippen LogP contribution in [0.3, 0.4) is 0 Å². The van der Waals surface area contributed by atoms with E-state index in [1.165, 1.54) is 11.8 Å². The summed E-state index contributed by atoms with van der Waals surface area (Å²) in [6, 6.07) is 17.3. The Bertz CT molecular complexity index is 956. The van der Waals surface area contributed by atoms with Crippen molar-refractivity contribution in [1.82, 2.24) is 14.9 Å². The number of nitrogens with zero attached hydrogens (tertiary/aromatic N) is 4. The summed E-state index contributed by atoms with van der Waals surface area (Å²) >= 11 is 1.48. The number of nitrogens with one attached hydrogen (secondary N) is 1. The van der Waals surface area contributed by atoms with Crippen molar-refractivity contribution in [3.8, 4) is 0 Å². The van der Waals surface area contributed by atoms with E-state index in [4.69, 9.17) is 0 Å². The Hall–Kier alpha value is -2.90. The number of amides is 1. The van der Waals surface area contributed by atoms with Gasteiger partial charge in [0.25, 0.3) is 5.91 Å². The molecule has 0 radical (unpaired) electrons. The first-order valence-electron chi connectivity index (χ1n) is 9.58. The van der Waals surface area contributed by atoms with Crippen LogP contribution in [0.5, 0.6) is 0 Å². The van der Waals surface area contributed by atoms with Gasteiger partial charge in [0.1, 0.15) is 10.8 Å². The quantitative estimate of drug-likeness (QED) is 0.699. The molecular weight excluding hydrogens is 382 g/mol. The Morgan fingerprint density at radius 2 is 1.76 bits per heavy atom. The van der Waals surface area contributed by atoms with E-state index in [-0.39, 0.29) is 5.91 Å². The second-order valence-electron chi connectivity index (χ2n) is 6.92. The van der Waals surface area contributed by atoms with E-state index in [2.05, 4.69) is 32.1 Å². The van der Waals surface area contributed by atoms with Gasteiger partial charge >= 0.3 is 0 Å². The average molecular weight is 406 g/mol. The van der Waals surface area contributed by atoms with Crippen LogP contribution < -0.4 is 10.2 Å². The fraction of sp³-hybridized carbons (Fsp3) is 0.227. The van der Waals surface area contributed by atoms with Gasteiger partial charge in [0, 0.05) is 37.3 Å². The summed E-state index contributed by atoms with van der Waals surface area (Å²) in [5, 5.41) is 3.62. The minimum Gasteiger partial charge on any atom is -0.354 e. The summed E-state index contributed by atoms with van der Waals surface area (Å²) in [5.41, 5.74) is 1.22. The number of benzene rings is 1. The highest BCUT2D eigenvalue weighted by Crippen LogP contribution is 2.28. The normalized spacial score (nSPS) is 14.6. The molecule has 3 aromatic rings. The van der Waals surface area contributed by atoms with E-state index in [0.717, 1.165) is 36.9 Å². The van der Waals surface area contributed by atoms with Gasteiger partial charge in [-0.3, -0.25) is 4.79 Å². The topological polar surface area (TPSA) is 61.4 Å². The van der Waals surface area contributed by atoms with Crippen molar-refractivity contribution >= 4 is 29.2 Å². The molecule has 0 aliphatic carbocycles. The maximum absolute atomic E-state index is 12.8. The van der Waals surface area contributed by atoms with Crippen molar-refractivity contribution < 1.29 is 4.79 Å². The maximum atomic E-state index is 12.8. The van der Waals surface area contributed by atoms with Crippen molar-refractivity contribution in [2.75, 3.05) is 43.4 Å². The first-order valence-corrected chi connectivity index (χ1v) is 10.4. The number of anilines is 2. The second kappa shape index (κ2) is 9.07. The predicted molar refractivity (Wildman–Crippen MR) is 117 cm³/mol. The van der Waals surface area contributed by atoms with E-state index < -0.39 is 0 Å². The molecule has 7 heteroatoms. The molecule has 3 heterocycles. The van der Waals surface area contributed by atoms with Gasteiger partial charge in [-0.1, -0.05) is 30.0 Å². The fourth-order valence-electron chi connectivity index (χ4n) is 3.13. The first-order chi connectivity index (χ1) is 14.2. The summed E-state index contributed by atoms with van der Waals surface area (Å²) in [6.07, 6.45) is 3.42. The third-order valence-corrected chi connectivity index (χ3v) is 5.83. The van der Waals surface area contributed by atoms with Gasteiger partial charge in [0.15, 0.2) is 0 Å². The van der Waals surface area contributed by atoms with Crippen LogP contribution in [0.25, 0.3) is 0 Å². The van der Waals surface area contributed by atoms with E-state index in [9.17, 15) is 4.79 Å². The zero-order valence-corrected chi connectivity index (χ0v) is 17.1. The highest BCUT2D eigenvalue weighted by atomic mass is 32.2. The number of carbonyl (C=O) groups is 1. The molecule has 2 aromatic heterocycles. The van der Waals surface area contributed by atoms with E-state index >= 15 is 0 Å². The van der Waals surface area contributed by atoms with Crippen LogP contribution in [0.1, 0.15) is 10.4 Å². The van der Waals surface area contributed by atoms with Gasteiger partial charge in [-0.15, -0.1) is 0 Å². The number of aromatic nitrogens is 2. The second-order valence-corrected chi connectivity index (χ2v) is 7.98. The molecule has 0 saturated carbocycles. The Kier molecular flexibility index (Phi) is 6.07. The lowest BCUT2D eigenvalue weighted by molar-refractivity contribution is 0.102. The summed E-state index contributed by atoms with van der Waals surface area (Å²) in [5.74, 6) is 0.753. The molecule has 1 saturated heterocycles. The van der Waals surface area contributed by atoms with E-state index in [1.807, 2.05) is 42.5 Å². The lowest BCUT2D eigenvalue weighted by Gasteiger charge is -2.33. The summed E-state index contributed by atoms with van der Waals surface area (Å²) in [6.45, 7) is 3.99. The Morgan fingerprint density at radius 3 is 2.48 bits per heavy atom. The molecule has 29 heavy (non-hydrogen) atoms. The highest BCUT2D eigenvalue weighted by molar-refractivity contribution is 7.99. The van der Waals surface area contributed by atoms with Crippen molar-refractivity contribution in [2.24, 2.45) is 0 Å². The third kappa shape index (κ3) is 4.93. The molecule has 1 N–H and O–H groups in total. The standard InChI is InChI=1S/C22H23N5OS/c1-26-12-14-27(15-13-26)20-10-9-17(16-24-20)25-21(28)19-8-5-11-23-22(19)29-18-6-3-2-4-7-18/h2-11,16H,12-15H2,1H3,(H,25,28). The SMILES string of the molecule is CN1CCN(c2ccc(NC(=O)c3cccnc3Sc3ccccc3)cn2)CC1. The zero-order valence-electron chi connectivity index (χ0n) is 16.3. The lowest BCUT2D eigenvalue weighted by atomic mass is 10.2. The van der Waals surface area contributed by atoms with Gasteiger partial charge in [-0.2, -0.15) is 0 Å². The highest BCUT2D eigenvalue weighted by Gasteiger charge is 2.16. The van der Waals surface area contributed by atoms with Gasteiger partial charge in [0.2, 0.25) is 0 Å². The molecule has 6 nitrogen and oxygen atoms in total. The van der Waals surface area contributed by atoms with Gasteiger partial charge in [-0.25, -0.2) is 9.97 Å². The summed E-state index contributed by atoms with van der Waals surface area (Å²) < 4.78 is 0. The van der Waals surface area contributed by atoms with E-state index in [1.54, 1.807) is 24.5 Å². The predicted octanol–water partition coefficient (Wildman–Crippen LogP) is 3.63. The number of rotatable bonds is 5. The van der Waals surface area contributed by atoms with Crippen molar-refractivity contribution in [3.05, 3.63) is 72.6 Å². The molecule has 0 spiro atoms. The van der Waals surface area contributed by atoms with Crippen LogP contribution in [-0.2, 0) is 0 Å². The number of piperazine rings is 1. The van der Waals surface area contributed by atoms with Crippen LogP contribution in [0, 0.1) is 0 Å². The molecule has 0 atom stereocenters. The van der Waals surface area contributed by atoms with Crippen LogP contribution in [0.15, 0.2) is 76.9 Å². The third-order valence-electron chi connectivity index (χ3n) is 4.81. The number of hydrogen-bond acceptors (Lipinski definition) is 6. The number of pyridine rings is 2. The molecule has 0 bridgehead atoms. The molecule has 4 rings (SSSR count). The Morgan fingerprint density at radius 1 is 0.966 bits per heavy atom. The van der Waals surface area contributed by atoms with Crippen molar-refractivity contribution in [2.45, 2.75) is 9.92 Å². The number of carbonyl (C=O) groups excluding carboxylic acids is 1. The first kappa shape index (κ1) is 19.4. The van der Waals surface area contributed by atoms with Crippen molar-refractivity contribution in [1.29, 1.82) is 0 Å². The van der Waals surface area contributed by atoms with Gasteiger partial charge < -0.3 is 15.1 Å². The minimum atomic E-state index is -0.189. The largest absolute Gasteiger partial charge is 0.354 e. The fourth-order valence-corrected chi connectivity index (χ4v) is 4.03. The molecule has 1 amide bonds. The number of hydrogen-bond donors (Lipinski definition) is 1. The zero-order chi connectivity index (χ0) is 20.1. The summed E-state index contributed by atoms with van der Waals surface area (Å²) in [4.78, 5) is 27.4. The summed E-state index contributed by atoms with van der Waals surface area (Å²) in [7, 11) is 2.13. The minimum absolute atomic E-state index is 0.189. The van der Waals surface area contributed by atoms with Crippen LogP contribution >= 0.6 is 11.8 Å². The monoisotopic (exact) mass is 405 g/mol.